The molecule has 27 heavy (non-hydrogen) atoms. The van der Waals surface area contributed by atoms with Gasteiger partial charge in [0.2, 0.25) is 0 Å². The first kappa shape index (κ1) is 19.1. The van der Waals surface area contributed by atoms with E-state index in [1.165, 1.54) is 5.56 Å². The van der Waals surface area contributed by atoms with Crippen molar-refractivity contribution >= 4 is 17.6 Å². The molecule has 0 aliphatic carbocycles. The number of benzene rings is 2. The minimum absolute atomic E-state index is 0.106. The predicted molar refractivity (Wildman–Crippen MR) is 106 cm³/mol. The monoisotopic (exact) mass is 366 g/mol. The van der Waals surface area contributed by atoms with Gasteiger partial charge >= 0.3 is 5.97 Å². The van der Waals surface area contributed by atoms with Crippen molar-refractivity contribution in [2.24, 2.45) is 0 Å². The van der Waals surface area contributed by atoms with Crippen LogP contribution < -0.4 is 10.6 Å². The average Bonchev–Trinajstić information content (AvgIpc) is 2.69. The number of aryl methyl sites for hydroxylation is 2. The first-order valence-electron chi connectivity index (χ1n) is 9.46. The van der Waals surface area contributed by atoms with Crippen LogP contribution in [0, 0.1) is 6.92 Å². The van der Waals surface area contributed by atoms with Crippen LogP contribution in [-0.2, 0) is 11.2 Å². The number of aliphatic carboxylic acids is 1. The van der Waals surface area contributed by atoms with E-state index in [-0.39, 0.29) is 12.3 Å². The van der Waals surface area contributed by atoms with Crippen molar-refractivity contribution in [3.63, 3.8) is 0 Å². The van der Waals surface area contributed by atoms with Gasteiger partial charge in [0.05, 0.1) is 0 Å². The second kappa shape index (κ2) is 8.82. The maximum atomic E-state index is 12.6. The molecule has 2 aromatic rings. The fraction of sp³-hybridized carbons (Fsp3) is 0.364. The molecule has 0 atom stereocenters. The molecule has 1 aliphatic heterocycles. The van der Waals surface area contributed by atoms with Gasteiger partial charge in [-0.3, -0.25) is 9.59 Å². The number of carbonyl (C=O) groups is 2. The number of piperidine rings is 1. The number of rotatable bonds is 6. The molecule has 1 fully saturated rings. The summed E-state index contributed by atoms with van der Waals surface area (Å²) in [6.07, 6.45) is 2.87. The SMILES string of the molecule is Cc1cc(CCC(=O)O)ccc1NC(=O)c1ccc(C2CCNCC2)cc1. The summed E-state index contributed by atoms with van der Waals surface area (Å²) < 4.78 is 0. The molecule has 0 saturated carbocycles. The van der Waals surface area contributed by atoms with E-state index < -0.39 is 5.97 Å². The van der Waals surface area contributed by atoms with Crippen molar-refractivity contribution in [3.8, 4) is 0 Å². The maximum absolute atomic E-state index is 12.6. The molecule has 0 unspecified atom stereocenters. The van der Waals surface area contributed by atoms with E-state index in [9.17, 15) is 9.59 Å². The number of anilines is 1. The summed E-state index contributed by atoms with van der Waals surface area (Å²) in [4.78, 5) is 23.2. The minimum Gasteiger partial charge on any atom is -0.481 e. The van der Waals surface area contributed by atoms with Gasteiger partial charge in [-0.25, -0.2) is 0 Å². The van der Waals surface area contributed by atoms with E-state index in [0.29, 0.717) is 17.9 Å². The van der Waals surface area contributed by atoms with Gasteiger partial charge in [0.25, 0.3) is 5.91 Å². The van der Waals surface area contributed by atoms with E-state index in [4.69, 9.17) is 5.11 Å². The number of nitrogens with one attached hydrogen (secondary N) is 2. The first-order chi connectivity index (χ1) is 13.0. The summed E-state index contributed by atoms with van der Waals surface area (Å²) in [5.74, 6) is -0.366. The molecule has 0 aromatic heterocycles. The standard InChI is InChI=1S/C22H26N2O3/c1-15-14-16(3-9-21(25)26)2-8-20(15)24-22(27)19-6-4-17(5-7-19)18-10-12-23-13-11-18/h2,4-8,14,18,23H,3,9-13H2,1H3,(H,24,27)(H,25,26). The Bertz CT molecular complexity index is 809. The van der Waals surface area contributed by atoms with Crippen LogP contribution in [0.1, 0.15) is 52.2 Å². The van der Waals surface area contributed by atoms with Crippen molar-refractivity contribution in [2.45, 2.75) is 38.5 Å². The quantitative estimate of drug-likeness (QED) is 0.728. The molecule has 5 nitrogen and oxygen atoms in total. The molecule has 1 amide bonds. The second-order valence-electron chi connectivity index (χ2n) is 7.14. The Morgan fingerprint density at radius 1 is 1.11 bits per heavy atom. The smallest absolute Gasteiger partial charge is 0.303 e. The molecule has 1 saturated heterocycles. The first-order valence-corrected chi connectivity index (χ1v) is 9.46. The molecule has 1 heterocycles. The van der Waals surface area contributed by atoms with Gasteiger partial charge in [-0.15, -0.1) is 0 Å². The zero-order valence-electron chi connectivity index (χ0n) is 15.6. The second-order valence-corrected chi connectivity index (χ2v) is 7.14. The summed E-state index contributed by atoms with van der Waals surface area (Å²) >= 11 is 0. The van der Waals surface area contributed by atoms with Crippen molar-refractivity contribution in [1.82, 2.24) is 5.32 Å². The van der Waals surface area contributed by atoms with E-state index in [2.05, 4.69) is 22.8 Å². The zero-order chi connectivity index (χ0) is 19.2. The molecule has 3 rings (SSSR count). The van der Waals surface area contributed by atoms with Gasteiger partial charge in [0, 0.05) is 17.7 Å². The third-order valence-electron chi connectivity index (χ3n) is 5.15. The molecule has 0 bridgehead atoms. The summed E-state index contributed by atoms with van der Waals surface area (Å²) in [7, 11) is 0. The van der Waals surface area contributed by atoms with Gasteiger partial charge in [-0.2, -0.15) is 0 Å². The highest BCUT2D eigenvalue weighted by Gasteiger charge is 2.16. The lowest BCUT2D eigenvalue weighted by atomic mass is 9.90. The number of hydrogen-bond donors (Lipinski definition) is 3. The molecular formula is C22H26N2O3. The summed E-state index contributed by atoms with van der Waals surface area (Å²) in [5.41, 5.74) is 4.58. The van der Waals surface area contributed by atoms with Crippen LogP contribution in [0.3, 0.4) is 0 Å². The van der Waals surface area contributed by atoms with Gasteiger partial charge in [-0.05, 0) is 80.1 Å². The van der Waals surface area contributed by atoms with Crippen molar-refractivity contribution in [1.29, 1.82) is 0 Å². The number of hydrogen-bond acceptors (Lipinski definition) is 3. The van der Waals surface area contributed by atoms with E-state index in [1.807, 2.05) is 37.3 Å². The van der Waals surface area contributed by atoms with E-state index >= 15 is 0 Å². The van der Waals surface area contributed by atoms with Crippen LogP contribution in [0.4, 0.5) is 5.69 Å². The lowest BCUT2D eigenvalue weighted by Crippen LogP contribution is -2.26. The number of carboxylic acid groups (broad SMARTS) is 1. The van der Waals surface area contributed by atoms with Crippen LogP contribution >= 0.6 is 0 Å². The van der Waals surface area contributed by atoms with Crippen LogP contribution in [0.25, 0.3) is 0 Å². The molecular weight excluding hydrogens is 340 g/mol. The summed E-state index contributed by atoms with van der Waals surface area (Å²) in [6, 6.07) is 13.5. The van der Waals surface area contributed by atoms with E-state index in [0.717, 1.165) is 42.7 Å². The third kappa shape index (κ3) is 5.17. The number of carboxylic acids is 1. The molecule has 2 aromatic carbocycles. The Morgan fingerprint density at radius 2 is 1.81 bits per heavy atom. The Kier molecular flexibility index (Phi) is 6.24. The van der Waals surface area contributed by atoms with Crippen LogP contribution in [0.2, 0.25) is 0 Å². The molecule has 142 valence electrons. The molecule has 0 spiro atoms. The highest BCUT2D eigenvalue weighted by molar-refractivity contribution is 6.04. The van der Waals surface area contributed by atoms with Crippen LogP contribution in [0.15, 0.2) is 42.5 Å². The van der Waals surface area contributed by atoms with Crippen molar-refractivity contribution < 1.29 is 14.7 Å². The fourth-order valence-electron chi connectivity index (χ4n) is 3.53. The molecule has 1 aliphatic rings. The molecule has 5 heteroatoms. The highest BCUT2D eigenvalue weighted by atomic mass is 16.4. The van der Waals surface area contributed by atoms with Crippen molar-refractivity contribution in [3.05, 3.63) is 64.7 Å². The lowest BCUT2D eigenvalue weighted by Gasteiger charge is -2.23. The number of amides is 1. The molecule has 0 radical (unpaired) electrons. The van der Waals surface area contributed by atoms with E-state index in [1.54, 1.807) is 0 Å². The Labute approximate surface area is 159 Å². The van der Waals surface area contributed by atoms with Gasteiger partial charge < -0.3 is 15.7 Å². The van der Waals surface area contributed by atoms with Gasteiger partial charge in [0.15, 0.2) is 0 Å². The number of carbonyl (C=O) groups excluding carboxylic acids is 1. The van der Waals surface area contributed by atoms with Gasteiger partial charge in [-0.1, -0.05) is 24.3 Å². The van der Waals surface area contributed by atoms with Crippen LogP contribution in [0.5, 0.6) is 0 Å². The van der Waals surface area contributed by atoms with Crippen molar-refractivity contribution in [2.75, 3.05) is 18.4 Å². The lowest BCUT2D eigenvalue weighted by molar-refractivity contribution is -0.136. The fourth-order valence-corrected chi connectivity index (χ4v) is 3.53. The maximum Gasteiger partial charge on any atom is 0.303 e. The van der Waals surface area contributed by atoms with Gasteiger partial charge in [0.1, 0.15) is 0 Å². The highest BCUT2D eigenvalue weighted by Crippen LogP contribution is 2.25. The molecule has 3 N–H and O–H groups in total. The normalized spacial score (nSPS) is 14.7. The predicted octanol–water partition coefficient (Wildman–Crippen LogP) is 3.73. The Balaban J connectivity index is 1.63. The topological polar surface area (TPSA) is 78.4 Å². The minimum atomic E-state index is -0.807. The summed E-state index contributed by atoms with van der Waals surface area (Å²) in [5, 5.41) is 15.1. The largest absolute Gasteiger partial charge is 0.481 e. The van der Waals surface area contributed by atoms with Crippen LogP contribution in [-0.4, -0.2) is 30.1 Å². The average molecular weight is 366 g/mol. The Hall–Kier alpha value is -2.66. The zero-order valence-corrected chi connectivity index (χ0v) is 15.6. The third-order valence-corrected chi connectivity index (χ3v) is 5.15. The summed E-state index contributed by atoms with van der Waals surface area (Å²) in [6.45, 7) is 4.02. The Morgan fingerprint density at radius 3 is 2.44 bits per heavy atom.